The van der Waals surface area contributed by atoms with E-state index in [0.717, 1.165) is 29.6 Å². The van der Waals surface area contributed by atoms with Crippen LogP contribution >= 0.6 is 0 Å². The second kappa shape index (κ2) is 7.22. The van der Waals surface area contributed by atoms with Crippen LogP contribution in [-0.4, -0.2) is 24.6 Å². The zero-order valence-corrected chi connectivity index (χ0v) is 15.1. The molecule has 142 valence electrons. The molecule has 3 heterocycles. The van der Waals surface area contributed by atoms with Gasteiger partial charge in [-0.3, -0.25) is 9.78 Å². The van der Waals surface area contributed by atoms with Gasteiger partial charge < -0.3 is 4.98 Å². The van der Waals surface area contributed by atoms with E-state index in [0.29, 0.717) is 17.2 Å². The van der Waals surface area contributed by atoms with Crippen LogP contribution in [0.4, 0.5) is 4.39 Å². The maximum absolute atomic E-state index is 12.1. The van der Waals surface area contributed by atoms with Crippen molar-refractivity contribution in [1.29, 1.82) is 0 Å². The molecule has 0 saturated heterocycles. The van der Waals surface area contributed by atoms with Crippen molar-refractivity contribution in [3.05, 3.63) is 86.7 Å². The Kier molecular flexibility index (Phi) is 4.60. The minimum atomic E-state index is -0.523. The largest absolute Gasteiger partial charge is 0.325 e. The first-order valence-corrected chi connectivity index (χ1v) is 8.90. The van der Waals surface area contributed by atoms with Crippen LogP contribution in [0.2, 0.25) is 0 Å². The lowest BCUT2D eigenvalue weighted by Gasteiger charge is -2.05. The van der Waals surface area contributed by atoms with Crippen LogP contribution < -0.4 is 11.2 Å². The molecule has 28 heavy (non-hydrogen) atoms. The number of hydrogen-bond acceptors (Lipinski definition) is 4. The van der Waals surface area contributed by atoms with Crippen molar-refractivity contribution in [2.75, 3.05) is 0 Å². The van der Waals surface area contributed by atoms with Gasteiger partial charge >= 0.3 is 5.69 Å². The van der Waals surface area contributed by atoms with E-state index >= 15 is 0 Å². The fraction of sp³-hybridized carbons (Fsp3) is 0.200. The number of imidazole rings is 1. The summed E-state index contributed by atoms with van der Waals surface area (Å²) >= 11 is 0. The third-order valence-electron chi connectivity index (χ3n) is 4.51. The quantitative estimate of drug-likeness (QED) is 0.560. The Morgan fingerprint density at radius 2 is 1.93 bits per heavy atom. The summed E-state index contributed by atoms with van der Waals surface area (Å²) < 4.78 is 13.8. The summed E-state index contributed by atoms with van der Waals surface area (Å²) in [7, 11) is 0. The second-order valence-electron chi connectivity index (χ2n) is 6.74. The minimum Gasteiger partial charge on any atom is -0.313 e. The fourth-order valence-electron chi connectivity index (χ4n) is 2.90. The standard InChI is InChI=1S/C13H11N5O2.C7H7F/c19-12-9(6-15-13(20)16-12)10-5-8(7-1-2-7)11-14-3-4-18(11)17-10;1-6-2-4-7(8)5-3-6/h3-7H,1-2H2,(H2,15,16,19,20);2-5H,1H3. The molecule has 4 aromatic rings. The monoisotopic (exact) mass is 379 g/mol. The number of H-pyrrole nitrogens is 2. The molecule has 0 radical (unpaired) electrons. The highest BCUT2D eigenvalue weighted by Gasteiger charge is 2.27. The highest BCUT2D eigenvalue weighted by molar-refractivity contribution is 5.62. The molecule has 1 aliphatic carbocycles. The molecule has 0 unspecified atom stereocenters. The Bertz CT molecular complexity index is 1210. The maximum Gasteiger partial charge on any atom is 0.325 e. The molecule has 2 N–H and O–H groups in total. The van der Waals surface area contributed by atoms with Gasteiger partial charge in [0.05, 0.1) is 11.3 Å². The highest BCUT2D eigenvalue weighted by Crippen LogP contribution is 2.42. The van der Waals surface area contributed by atoms with Gasteiger partial charge in [0.1, 0.15) is 5.82 Å². The van der Waals surface area contributed by atoms with E-state index in [1.54, 1.807) is 29.0 Å². The van der Waals surface area contributed by atoms with Gasteiger partial charge in [-0.1, -0.05) is 17.7 Å². The lowest BCUT2D eigenvalue weighted by Crippen LogP contribution is -2.23. The van der Waals surface area contributed by atoms with Crippen molar-refractivity contribution in [3.63, 3.8) is 0 Å². The Hall–Kier alpha value is -3.55. The van der Waals surface area contributed by atoms with E-state index in [2.05, 4.69) is 20.1 Å². The van der Waals surface area contributed by atoms with Gasteiger partial charge in [0.15, 0.2) is 5.65 Å². The number of aryl methyl sites for hydroxylation is 1. The summed E-state index contributed by atoms with van der Waals surface area (Å²) in [6.45, 7) is 1.93. The van der Waals surface area contributed by atoms with Crippen molar-refractivity contribution in [1.82, 2.24) is 24.6 Å². The summed E-state index contributed by atoms with van der Waals surface area (Å²) in [5, 5.41) is 4.38. The first-order chi connectivity index (χ1) is 13.5. The molecule has 1 aliphatic rings. The van der Waals surface area contributed by atoms with Gasteiger partial charge in [0.25, 0.3) is 5.56 Å². The molecular weight excluding hydrogens is 361 g/mol. The number of hydrogen-bond donors (Lipinski definition) is 2. The average Bonchev–Trinajstić information content (AvgIpc) is 3.41. The average molecular weight is 379 g/mol. The maximum atomic E-state index is 12.1. The summed E-state index contributed by atoms with van der Waals surface area (Å²) in [6, 6.07) is 8.29. The number of nitrogens with one attached hydrogen (secondary N) is 2. The van der Waals surface area contributed by atoms with Crippen molar-refractivity contribution >= 4 is 5.65 Å². The van der Waals surface area contributed by atoms with E-state index in [1.165, 1.54) is 18.3 Å². The molecule has 0 aliphatic heterocycles. The van der Waals surface area contributed by atoms with Gasteiger partial charge in [0, 0.05) is 24.2 Å². The Balaban J connectivity index is 0.000000203. The molecular formula is C20H18FN5O2. The van der Waals surface area contributed by atoms with Gasteiger partial charge in [-0.2, -0.15) is 5.10 Å². The highest BCUT2D eigenvalue weighted by atomic mass is 19.1. The van der Waals surface area contributed by atoms with Crippen LogP contribution in [0.3, 0.4) is 0 Å². The first-order valence-electron chi connectivity index (χ1n) is 8.90. The smallest absolute Gasteiger partial charge is 0.313 e. The SMILES string of the molecule is Cc1ccc(F)cc1.O=c1[nH]cc(-c2cc(C3CC3)c3nccn3n2)c(=O)[nH]1. The molecule has 0 atom stereocenters. The first kappa shape index (κ1) is 17.8. The van der Waals surface area contributed by atoms with Crippen LogP contribution in [0.5, 0.6) is 0 Å². The molecule has 1 saturated carbocycles. The van der Waals surface area contributed by atoms with E-state index in [1.807, 2.05) is 13.0 Å². The zero-order valence-electron chi connectivity index (χ0n) is 15.1. The van der Waals surface area contributed by atoms with Crippen LogP contribution in [0.1, 0.15) is 29.9 Å². The van der Waals surface area contributed by atoms with E-state index in [-0.39, 0.29) is 5.82 Å². The predicted molar refractivity (Wildman–Crippen MR) is 103 cm³/mol. The summed E-state index contributed by atoms with van der Waals surface area (Å²) in [5.74, 6) is 0.319. The summed E-state index contributed by atoms with van der Waals surface area (Å²) in [6.07, 6.45) is 7.10. The van der Waals surface area contributed by atoms with Gasteiger partial charge in [-0.05, 0) is 43.9 Å². The van der Waals surface area contributed by atoms with Crippen molar-refractivity contribution in [2.24, 2.45) is 0 Å². The molecule has 5 rings (SSSR count). The molecule has 0 amide bonds. The molecule has 1 aromatic carbocycles. The number of nitrogens with zero attached hydrogens (tertiary/aromatic N) is 3. The number of rotatable bonds is 2. The Labute approximate surface area is 158 Å². The fourth-order valence-corrected chi connectivity index (χ4v) is 2.90. The third-order valence-corrected chi connectivity index (χ3v) is 4.51. The number of halogens is 1. The number of benzene rings is 1. The predicted octanol–water partition coefficient (Wildman–Crippen LogP) is 2.78. The normalized spacial score (nSPS) is 13.2. The number of aromatic nitrogens is 5. The summed E-state index contributed by atoms with van der Waals surface area (Å²) in [5.41, 5.74) is 2.94. The topological polar surface area (TPSA) is 95.9 Å². The van der Waals surface area contributed by atoms with Crippen molar-refractivity contribution in [2.45, 2.75) is 25.7 Å². The van der Waals surface area contributed by atoms with Gasteiger partial charge in [-0.15, -0.1) is 0 Å². The lowest BCUT2D eigenvalue weighted by atomic mass is 10.1. The van der Waals surface area contributed by atoms with Crippen molar-refractivity contribution in [3.8, 4) is 11.3 Å². The van der Waals surface area contributed by atoms with Crippen LogP contribution in [0.15, 0.2) is 58.5 Å². The number of fused-ring (bicyclic) bond motifs is 1. The third kappa shape index (κ3) is 3.75. The van der Waals surface area contributed by atoms with Gasteiger partial charge in [-0.25, -0.2) is 18.7 Å². The molecule has 8 heteroatoms. The van der Waals surface area contributed by atoms with Gasteiger partial charge in [0.2, 0.25) is 0 Å². The molecule has 7 nitrogen and oxygen atoms in total. The van der Waals surface area contributed by atoms with E-state index in [9.17, 15) is 14.0 Å². The van der Waals surface area contributed by atoms with Crippen LogP contribution in [-0.2, 0) is 0 Å². The molecule has 1 fully saturated rings. The molecule has 0 bridgehead atoms. The molecule has 0 spiro atoms. The van der Waals surface area contributed by atoms with Crippen LogP contribution in [0.25, 0.3) is 16.9 Å². The minimum absolute atomic E-state index is 0.171. The molecule has 3 aromatic heterocycles. The van der Waals surface area contributed by atoms with Crippen LogP contribution in [0, 0.1) is 12.7 Å². The second-order valence-corrected chi connectivity index (χ2v) is 6.74. The zero-order chi connectivity index (χ0) is 19.7. The Morgan fingerprint density at radius 1 is 1.18 bits per heavy atom. The number of aromatic amines is 2. The van der Waals surface area contributed by atoms with E-state index < -0.39 is 11.2 Å². The lowest BCUT2D eigenvalue weighted by molar-refractivity contribution is 0.627. The van der Waals surface area contributed by atoms with E-state index in [4.69, 9.17) is 0 Å². The Morgan fingerprint density at radius 3 is 2.57 bits per heavy atom. The summed E-state index contributed by atoms with van der Waals surface area (Å²) in [4.78, 5) is 31.9. The van der Waals surface area contributed by atoms with Crippen molar-refractivity contribution < 1.29 is 4.39 Å².